The van der Waals surface area contributed by atoms with E-state index in [1.807, 2.05) is 24.7 Å². The van der Waals surface area contributed by atoms with E-state index in [0.29, 0.717) is 6.04 Å². The molecule has 0 aromatic carbocycles. The van der Waals surface area contributed by atoms with Crippen LogP contribution in [0.2, 0.25) is 0 Å². The average Bonchev–Trinajstić information content (AvgIpc) is 2.66. The van der Waals surface area contributed by atoms with Gasteiger partial charge in [0.1, 0.15) is 0 Å². The van der Waals surface area contributed by atoms with Crippen LogP contribution in [-0.2, 0) is 19.5 Å². The predicted octanol–water partition coefficient (Wildman–Crippen LogP) is 2.03. The molecular weight excluding hydrogens is 324 g/mol. The fourth-order valence-electron chi connectivity index (χ4n) is 3.45. The molecule has 3 rings (SSSR count). The van der Waals surface area contributed by atoms with Gasteiger partial charge in [-0.3, -0.25) is 19.9 Å². The molecule has 0 fully saturated rings. The Balaban J connectivity index is 1.54. The molecule has 26 heavy (non-hydrogen) atoms. The molecule has 0 spiro atoms. The van der Waals surface area contributed by atoms with Crippen molar-refractivity contribution in [2.24, 2.45) is 0 Å². The van der Waals surface area contributed by atoms with Gasteiger partial charge in [-0.1, -0.05) is 6.07 Å². The van der Waals surface area contributed by atoms with Gasteiger partial charge in [-0.05, 0) is 52.0 Å². The Morgan fingerprint density at radius 3 is 2.69 bits per heavy atom. The number of likely N-dealkylation sites (N-methyl/N-ethyl adjacent to an activating group) is 1. The highest BCUT2D eigenvalue weighted by Crippen LogP contribution is 2.32. The number of aryl methyl sites for hydroxylation is 1. The summed E-state index contributed by atoms with van der Waals surface area (Å²) in [4.78, 5) is 18.3. The molecule has 0 amide bonds. The predicted molar refractivity (Wildman–Crippen MR) is 104 cm³/mol. The van der Waals surface area contributed by atoms with Crippen LogP contribution in [0.4, 0.5) is 0 Å². The van der Waals surface area contributed by atoms with Gasteiger partial charge in [0.2, 0.25) is 0 Å². The molecule has 1 unspecified atom stereocenters. The summed E-state index contributed by atoms with van der Waals surface area (Å²) in [5.41, 5.74) is 4.61. The number of fused-ring (bicyclic) bond motifs is 1. The van der Waals surface area contributed by atoms with Crippen LogP contribution in [-0.4, -0.2) is 59.0 Å². The lowest BCUT2D eigenvalue weighted by atomic mass is 9.91. The first-order chi connectivity index (χ1) is 12.6. The van der Waals surface area contributed by atoms with Gasteiger partial charge in [-0.2, -0.15) is 0 Å². The van der Waals surface area contributed by atoms with Crippen molar-refractivity contribution in [3.8, 4) is 0 Å². The second-order valence-corrected chi connectivity index (χ2v) is 7.35. The van der Waals surface area contributed by atoms with Crippen molar-refractivity contribution in [2.45, 2.75) is 38.4 Å². The minimum atomic E-state index is 0.370. The van der Waals surface area contributed by atoms with Gasteiger partial charge in [0.15, 0.2) is 0 Å². The fraction of sp³-hybridized carbons (Fsp3) is 0.550. The summed E-state index contributed by atoms with van der Waals surface area (Å²) in [5, 5.41) is 3.39. The van der Waals surface area contributed by atoms with Gasteiger partial charge in [-0.25, -0.2) is 0 Å². The third-order valence-electron chi connectivity index (χ3n) is 4.91. The van der Waals surface area contributed by atoms with E-state index in [1.165, 1.54) is 17.7 Å². The largest absolute Gasteiger partial charge is 0.310 e. The Labute approximate surface area is 156 Å². The summed E-state index contributed by atoms with van der Waals surface area (Å²) in [5.74, 6) is 0. The number of nitrogens with one attached hydrogen (secondary N) is 1. The normalized spacial score (nSPS) is 16.9. The van der Waals surface area contributed by atoms with Gasteiger partial charge < -0.3 is 10.2 Å². The zero-order valence-corrected chi connectivity index (χ0v) is 16.1. The first-order valence-corrected chi connectivity index (χ1v) is 9.43. The quantitative estimate of drug-likeness (QED) is 0.732. The van der Waals surface area contributed by atoms with Crippen molar-refractivity contribution in [3.63, 3.8) is 0 Å². The lowest BCUT2D eigenvalue weighted by Crippen LogP contribution is -2.29. The second-order valence-electron chi connectivity index (χ2n) is 7.35. The third kappa shape index (κ3) is 5.06. The van der Waals surface area contributed by atoms with Crippen LogP contribution >= 0.6 is 0 Å². The van der Waals surface area contributed by atoms with E-state index in [9.17, 15) is 0 Å². The van der Waals surface area contributed by atoms with Gasteiger partial charge >= 0.3 is 0 Å². The molecular formula is C20H30N6. The number of pyridine rings is 1. The first kappa shape index (κ1) is 18.9. The topological polar surface area (TPSA) is 57.2 Å². The summed E-state index contributed by atoms with van der Waals surface area (Å²) in [6, 6.07) is 4.62. The van der Waals surface area contributed by atoms with E-state index < -0.39 is 0 Å². The Morgan fingerprint density at radius 1 is 1.12 bits per heavy atom. The summed E-state index contributed by atoms with van der Waals surface area (Å²) in [6.45, 7) is 3.53. The Morgan fingerprint density at radius 2 is 1.92 bits per heavy atom. The van der Waals surface area contributed by atoms with Crippen molar-refractivity contribution in [1.29, 1.82) is 0 Å². The van der Waals surface area contributed by atoms with Gasteiger partial charge in [0.25, 0.3) is 0 Å². The molecule has 0 bridgehead atoms. The van der Waals surface area contributed by atoms with Crippen LogP contribution < -0.4 is 5.32 Å². The highest BCUT2D eigenvalue weighted by molar-refractivity contribution is 5.25. The molecule has 6 nitrogen and oxygen atoms in total. The Hall–Kier alpha value is -1.89. The monoisotopic (exact) mass is 354 g/mol. The maximum atomic E-state index is 4.64. The minimum Gasteiger partial charge on any atom is -0.310 e. The van der Waals surface area contributed by atoms with E-state index in [1.54, 1.807) is 0 Å². The fourth-order valence-corrected chi connectivity index (χ4v) is 3.45. The van der Waals surface area contributed by atoms with Crippen molar-refractivity contribution in [1.82, 2.24) is 30.1 Å². The van der Waals surface area contributed by atoms with Crippen LogP contribution in [0, 0.1) is 0 Å². The Kier molecular flexibility index (Phi) is 6.66. The number of nitrogens with zero attached hydrogens (tertiary/aromatic N) is 5. The van der Waals surface area contributed by atoms with Crippen LogP contribution in [0.15, 0.2) is 30.7 Å². The molecule has 2 aromatic heterocycles. The van der Waals surface area contributed by atoms with E-state index in [-0.39, 0.29) is 0 Å². The number of hydrogen-bond acceptors (Lipinski definition) is 6. The van der Waals surface area contributed by atoms with E-state index in [4.69, 9.17) is 0 Å². The molecule has 0 aliphatic heterocycles. The molecule has 2 heterocycles. The van der Waals surface area contributed by atoms with Gasteiger partial charge in [-0.15, -0.1) is 0 Å². The summed E-state index contributed by atoms with van der Waals surface area (Å²) < 4.78 is 0. The van der Waals surface area contributed by atoms with E-state index in [0.717, 1.165) is 50.4 Å². The van der Waals surface area contributed by atoms with E-state index in [2.05, 4.69) is 57.3 Å². The number of aromatic nitrogens is 3. The highest BCUT2D eigenvalue weighted by Gasteiger charge is 2.25. The molecule has 2 aromatic rings. The maximum absolute atomic E-state index is 4.64. The standard InChI is InChI=1S/C20H30N6/c1-25(2)11-10-21-12-17-13-24-18(14-23-17)15-26(3)19-8-4-6-16-7-5-9-22-20(16)19/h5,7,9,13-14,19,21H,4,6,8,10-12,15H2,1-3H3. The van der Waals surface area contributed by atoms with Crippen LogP contribution in [0.1, 0.15) is 41.5 Å². The lowest BCUT2D eigenvalue weighted by Gasteiger charge is -2.31. The van der Waals surface area contributed by atoms with Crippen molar-refractivity contribution in [3.05, 3.63) is 53.4 Å². The minimum absolute atomic E-state index is 0.370. The second kappa shape index (κ2) is 9.16. The number of hydrogen-bond donors (Lipinski definition) is 1. The van der Waals surface area contributed by atoms with Crippen molar-refractivity contribution in [2.75, 3.05) is 34.2 Å². The van der Waals surface area contributed by atoms with Crippen LogP contribution in [0.5, 0.6) is 0 Å². The first-order valence-electron chi connectivity index (χ1n) is 9.43. The molecule has 1 aliphatic carbocycles. The SMILES string of the molecule is CN(C)CCNCc1cnc(CN(C)C2CCCc3cccnc32)cn1. The Bertz CT molecular complexity index is 685. The van der Waals surface area contributed by atoms with Crippen molar-refractivity contribution >= 4 is 0 Å². The van der Waals surface area contributed by atoms with Crippen molar-refractivity contribution < 1.29 is 0 Å². The smallest absolute Gasteiger partial charge is 0.0727 e. The zero-order chi connectivity index (χ0) is 18.4. The zero-order valence-electron chi connectivity index (χ0n) is 16.1. The summed E-state index contributed by atoms with van der Waals surface area (Å²) in [6.07, 6.45) is 9.21. The van der Waals surface area contributed by atoms with Gasteiger partial charge in [0, 0.05) is 32.4 Å². The number of rotatable bonds is 8. The molecule has 1 N–H and O–H groups in total. The molecule has 0 saturated heterocycles. The average molecular weight is 355 g/mol. The molecule has 0 saturated carbocycles. The lowest BCUT2D eigenvalue weighted by molar-refractivity contribution is 0.206. The van der Waals surface area contributed by atoms with Gasteiger partial charge in [0.05, 0.1) is 35.5 Å². The molecule has 0 radical (unpaired) electrons. The van der Waals surface area contributed by atoms with E-state index >= 15 is 0 Å². The summed E-state index contributed by atoms with van der Waals surface area (Å²) in [7, 11) is 6.31. The van der Waals surface area contributed by atoms with Crippen LogP contribution in [0.25, 0.3) is 0 Å². The van der Waals surface area contributed by atoms with Crippen LogP contribution in [0.3, 0.4) is 0 Å². The molecule has 1 aliphatic rings. The highest BCUT2D eigenvalue weighted by atomic mass is 15.1. The third-order valence-corrected chi connectivity index (χ3v) is 4.91. The molecule has 140 valence electrons. The maximum Gasteiger partial charge on any atom is 0.0727 e. The molecule has 6 heteroatoms. The molecule has 1 atom stereocenters. The summed E-state index contributed by atoms with van der Waals surface area (Å²) >= 11 is 0.